The van der Waals surface area contributed by atoms with Crippen LogP contribution >= 0.6 is 10.6 Å². The summed E-state index contributed by atoms with van der Waals surface area (Å²) >= 11 is 3.77. The minimum absolute atomic E-state index is 1.17. The Morgan fingerprint density at radius 1 is 1.50 bits per heavy atom. The molecule has 0 fully saturated rings. The van der Waals surface area contributed by atoms with E-state index in [1.165, 1.54) is 5.57 Å². The first-order chi connectivity index (χ1) is 2.73. The molecule has 0 N–H and O–H groups in total. The van der Waals surface area contributed by atoms with E-state index in [1.807, 2.05) is 13.8 Å². The summed E-state index contributed by atoms with van der Waals surface area (Å²) in [6.07, 6.45) is 0. The van der Waals surface area contributed by atoms with E-state index in [2.05, 4.69) is 31.5 Å². The van der Waals surface area contributed by atoms with Gasteiger partial charge in [-0.2, -0.15) is 0 Å². The van der Waals surface area contributed by atoms with Crippen LogP contribution in [0.2, 0.25) is 0 Å². The van der Waals surface area contributed by atoms with Gasteiger partial charge in [0.25, 0.3) is 0 Å². The van der Waals surface area contributed by atoms with Crippen LogP contribution in [0.25, 0.3) is 0 Å². The van der Waals surface area contributed by atoms with Gasteiger partial charge < -0.3 is 0 Å². The van der Waals surface area contributed by atoms with Gasteiger partial charge in [-0.3, -0.25) is 0 Å². The fourth-order valence-corrected chi connectivity index (χ4v) is 0. The summed E-state index contributed by atoms with van der Waals surface area (Å²) in [4.78, 5) is 0. The molecule has 0 amide bonds. The molecule has 0 aromatic heterocycles. The Labute approximate surface area is 51.3 Å². The zero-order valence-corrected chi connectivity index (χ0v) is 5.68. The minimum atomic E-state index is 1.17. The molecule has 0 saturated heterocycles. The molecule has 0 bridgehead atoms. The average Bonchev–Trinajstić information content (AvgIpc) is 1.41. The second kappa shape index (κ2) is 9.08. The van der Waals surface area contributed by atoms with E-state index in [-0.39, 0.29) is 0 Å². The van der Waals surface area contributed by atoms with Crippen LogP contribution in [0.1, 0.15) is 13.8 Å². The Bertz CT molecular complexity index is 38.8. The molecule has 0 atom stereocenters. The van der Waals surface area contributed by atoms with Crippen molar-refractivity contribution < 1.29 is 14.4 Å². The van der Waals surface area contributed by atoms with Gasteiger partial charge in [0, 0.05) is 0 Å². The molecule has 0 aromatic rings. The van der Waals surface area contributed by atoms with Crippen LogP contribution < -0.4 is 0 Å². The molecule has 0 aromatic carbocycles. The molecule has 0 radical (unpaired) electrons. The Morgan fingerprint density at radius 2 is 1.50 bits per heavy atom. The molecule has 0 saturated carbocycles. The standard InChI is InChI=1S/C4H8.Cu.S/c1-4(2)3;;/h1H2,2-3H3;;. The van der Waals surface area contributed by atoms with E-state index in [4.69, 9.17) is 0 Å². The maximum atomic E-state index is 3.77. The summed E-state index contributed by atoms with van der Waals surface area (Å²) in [6.45, 7) is 7.50. The molecule has 0 aliphatic rings. The van der Waals surface area contributed by atoms with Gasteiger partial charge >= 0.3 is 24.9 Å². The normalized spacial score (nSPS) is 5.33. The number of hydrogen-bond donors (Lipinski definition) is 0. The van der Waals surface area contributed by atoms with Crippen molar-refractivity contribution in [1.29, 1.82) is 0 Å². The van der Waals surface area contributed by atoms with Crippen molar-refractivity contribution in [3.63, 3.8) is 0 Å². The molecule has 0 unspecified atom stereocenters. The van der Waals surface area contributed by atoms with Crippen LogP contribution in [0.3, 0.4) is 0 Å². The van der Waals surface area contributed by atoms with Crippen LogP contribution in [0.5, 0.6) is 0 Å². The van der Waals surface area contributed by atoms with E-state index < -0.39 is 0 Å². The van der Waals surface area contributed by atoms with Crippen LogP contribution in [-0.2, 0) is 14.4 Å². The quantitative estimate of drug-likeness (QED) is 0.378. The van der Waals surface area contributed by atoms with Crippen molar-refractivity contribution in [3.05, 3.63) is 12.2 Å². The first-order valence-corrected chi connectivity index (χ1v) is 2.88. The molecular formula is C4H8CuS. The predicted octanol–water partition coefficient (Wildman–Crippen LogP) is 2.23. The number of rotatable bonds is 0. The van der Waals surface area contributed by atoms with Crippen molar-refractivity contribution in [2.24, 2.45) is 0 Å². The molecule has 0 heterocycles. The summed E-state index contributed by atoms with van der Waals surface area (Å²) < 4.78 is 0. The van der Waals surface area contributed by atoms with Gasteiger partial charge in [-0.05, 0) is 13.8 Å². The number of allylic oxidation sites excluding steroid dienone is 1. The topological polar surface area (TPSA) is 0 Å². The summed E-state index contributed by atoms with van der Waals surface area (Å²) in [5, 5.41) is 0. The fraction of sp³-hybridized carbons (Fsp3) is 0.500. The third kappa shape index (κ3) is 236. The maximum absolute atomic E-state index is 3.77. The first-order valence-electron chi connectivity index (χ1n) is 1.48. The van der Waals surface area contributed by atoms with Crippen LogP contribution in [0.4, 0.5) is 0 Å². The van der Waals surface area contributed by atoms with Gasteiger partial charge in [0.1, 0.15) is 0 Å². The molecule has 41 valence electrons. The van der Waals surface area contributed by atoms with Crippen LogP contribution in [-0.4, -0.2) is 0 Å². The third-order valence-electron chi connectivity index (χ3n) is 0. The zero-order chi connectivity index (χ0) is 5.58. The van der Waals surface area contributed by atoms with Gasteiger partial charge in [0.05, 0.1) is 0 Å². The number of hydrogen-bond acceptors (Lipinski definition) is 1. The van der Waals surface area contributed by atoms with Crippen molar-refractivity contribution in [2.45, 2.75) is 13.8 Å². The van der Waals surface area contributed by atoms with E-state index >= 15 is 0 Å². The van der Waals surface area contributed by atoms with Crippen LogP contribution in [0, 0.1) is 0 Å². The Morgan fingerprint density at radius 3 is 1.50 bits per heavy atom. The SMILES string of the molecule is C=C(C)C.[S]=[Cu]. The Hall–Kier alpha value is 0.479. The molecule has 0 aliphatic carbocycles. The van der Waals surface area contributed by atoms with Gasteiger partial charge in [0.2, 0.25) is 0 Å². The van der Waals surface area contributed by atoms with E-state index in [1.54, 1.807) is 0 Å². The molecule has 2 heteroatoms. The molecule has 0 aliphatic heterocycles. The Balaban J connectivity index is 0. The predicted molar refractivity (Wildman–Crippen MR) is 28.1 cm³/mol. The van der Waals surface area contributed by atoms with Crippen molar-refractivity contribution in [1.82, 2.24) is 0 Å². The van der Waals surface area contributed by atoms with Gasteiger partial charge in [-0.25, -0.2) is 0 Å². The van der Waals surface area contributed by atoms with E-state index in [0.717, 1.165) is 0 Å². The second-order valence-electron chi connectivity index (χ2n) is 1.21. The molecule has 0 rings (SSSR count). The van der Waals surface area contributed by atoms with E-state index in [0.29, 0.717) is 0 Å². The average molecular weight is 152 g/mol. The monoisotopic (exact) mass is 151 g/mol. The second-order valence-corrected chi connectivity index (χ2v) is 1.21. The van der Waals surface area contributed by atoms with Crippen molar-refractivity contribution in [2.75, 3.05) is 0 Å². The van der Waals surface area contributed by atoms with E-state index in [9.17, 15) is 0 Å². The Kier molecular flexibility index (Phi) is 14.7. The van der Waals surface area contributed by atoms with Gasteiger partial charge in [-0.15, -0.1) is 6.58 Å². The fourth-order valence-electron chi connectivity index (χ4n) is 0. The summed E-state index contributed by atoms with van der Waals surface area (Å²) in [7, 11) is 3.65. The molecule has 0 spiro atoms. The summed E-state index contributed by atoms with van der Waals surface area (Å²) in [5.74, 6) is 0. The zero-order valence-electron chi connectivity index (χ0n) is 3.92. The van der Waals surface area contributed by atoms with Gasteiger partial charge in [-0.1, -0.05) is 5.57 Å². The molecular weight excluding hydrogens is 144 g/mol. The van der Waals surface area contributed by atoms with Crippen molar-refractivity contribution in [3.8, 4) is 0 Å². The third-order valence-corrected chi connectivity index (χ3v) is 0. The van der Waals surface area contributed by atoms with Gasteiger partial charge in [0.15, 0.2) is 0 Å². The summed E-state index contributed by atoms with van der Waals surface area (Å²) in [6, 6.07) is 0. The van der Waals surface area contributed by atoms with Crippen molar-refractivity contribution >= 4 is 10.6 Å². The summed E-state index contributed by atoms with van der Waals surface area (Å²) in [5.41, 5.74) is 1.17. The molecule has 0 nitrogen and oxygen atoms in total. The first kappa shape index (κ1) is 9.70. The van der Waals surface area contributed by atoms with Crippen LogP contribution in [0.15, 0.2) is 12.2 Å². The molecule has 6 heavy (non-hydrogen) atoms.